The number of amides is 4. The Balaban J connectivity index is 2.16. The molecular formula is C19H25N3O6. The Bertz CT molecular complexity index is 793. The predicted octanol–water partition coefficient (Wildman–Crippen LogP) is 0.920. The van der Waals surface area contributed by atoms with Crippen LogP contribution in [0, 0.1) is 0 Å². The van der Waals surface area contributed by atoms with Gasteiger partial charge < -0.3 is 20.1 Å². The summed E-state index contributed by atoms with van der Waals surface area (Å²) >= 11 is 0. The molecule has 9 nitrogen and oxygen atoms in total. The Morgan fingerprint density at radius 2 is 1.82 bits per heavy atom. The normalized spacial score (nSPS) is 21.0. The first-order chi connectivity index (χ1) is 13.1. The van der Waals surface area contributed by atoms with Crippen molar-refractivity contribution < 1.29 is 28.7 Å². The average Bonchev–Trinajstić information content (AvgIpc) is 2.91. The van der Waals surface area contributed by atoms with Crippen LogP contribution < -0.4 is 15.4 Å². The molecule has 2 unspecified atom stereocenters. The molecule has 4 amide bonds. The molecule has 9 heteroatoms. The topological polar surface area (TPSA) is 114 Å². The number of rotatable bonds is 7. The maximum absolute atomic E-state index is 12.9. The van der Waals surface area contributed by atoms with Gasteiger partial charge in [-0.3, -0.25) is 14.5 Å². The number of benzene rings is 1. The molecule has 1 aliphatic heterocycles. The molecule has 0 bridgehead atoms. The van der Waals surface area contributed by atoms with Gasteiger partial charge in [0.1, 0.15) is 23.4 Å². The van der Waals surface area contributed by atoms with E-state index in [0.717, 1.165) is 4.90 Å². The highest BCUT2D eigenvalue weighted by Crippen LogP contribution is 2.30. The lowest BCUT2D eigenvalue weighted by molar-refractivity contribution is -0.150. The Kier molecular flexibility index (Phi) is 5.96. The number of carbonyl (C=O) groups is 4. The van der Waals surface area contributed by atoms with E-state index >= 15 is 0 Å². The molecule has 1 aromatic rings. The van der Waals surface area contributed by atoms with E-state index in [9.17, 15) is 19.2 Å². The zero-order chi connectivity index (χ0) is 21.1. The van der Waals surface area contributed by atoms with Crippen molar-refractivity contribution in [3.8, 4) is 5.75 Å². The molecular weight excluding hydrogens is 366 g/mol. The van der Waals surface area contributed by atoms with Crippen LogP contribution in [0.1, 0.15) is 32.8 Å². The molecule has 2 atom stereocenters. The third-order valence-corrected chi connectivity index (χ3v) is 5.00. The number of hydrogen-bond donors (Lipinski definition) is 2. The van der Waals surface area contributed by atoms with Crippen LogP contribution in [-0.4, -0.2) is 55.0 Å². The molecule has 0 aliphatic carbocycles. The van der Waals surface area contributed by atoms with Gasteiger partial charge in [0.05, 0.1) is 14.2 Å². The first-order valence-corrected chi connectivity index (χ1v) is 8.79. The molecule has 28 heavy (non-hydrogen) atoms. The van der Waals surface area contributed by atoms with Gasteiger partial charge in [0.25, 0.3) is 5.91 Å². The number of hydrogen-bond acceptors (Lipinski definition) is 6. The molecule has 1 saturated heterocycles. The third kappa shape index (κ3) is 3.78. The van der Waals surface area contributed by atoms with Gasteiger partial charge in [0.2, 0.25) is 5.91 Å². The third-order valence-electron chi connectivity index (χ3n) is 5.00. The number of ether oxygens (including phenoxy) is 2. The zero-order valence-corrected chi connectivity index (χ0v) is 16.6. The second-order valence-corrected chi connectivity index (χ2v) is 6.90. The van der Waals surface area contributed by atoms with E-state index in [1.165, 1.54) is 21.1 Å². The van der Waals surface area contributed by atoms with Crippen LogP contribution in [0.4, 0.5) is 4.79 Å². The molecule has 0 aromatic heterocycles. The van der Waals surface area contributed by atoms with Crippen molar-refractivity contribution >= 4 is 23.8 Å². The Hall–Kier alpha value is -3.10. The van der Waals surface area contributed by atoms with E-state index in [2.05, 4.69) is 10.6 Å². The molecule has 1 heterocycles. The number of carbonyl (C=O) groups excluding carboxylic acids is 4. The Morgan fingerprint density at radius 3 is 2.32 bits per heavy atom. The number of imide groups is 1. The fourth-order valence-corrected chi connectivity index (χ4v) is 2.96. The van der Waals surface area contributed by atoms with Crippen molar-refractivity contribution in [2.75, 3.05) is 20.8 Å². The van der Waals surface area contributed by atoms with E-state index in [1.54, 1.807) is 38.1 Å². The van der Waals surface area contributed by atoms with Crippen molar-refractivity contribution in [3.63, 3.8) is 0 Å². The number of nitrogens with zero attached hydrogens (tertiary/aromatic N) is 1. The quantitative estimate of drug-likeness (QED) is 0.528. The molecule has 2 rings (SSSR count). The summed E-state index contributed by atoms with van der Waals surface area (Å²) in [6.45, 7) is 4.29. The lowest BCUT2D eigenvalue weighted by atomic mass is 9.92. The summed E-state index contributed by atoms with van der Waals surface area (Å²) in [7, 11) is 2.75. The summed E-state index contributed by atoms with van der Waals surface area (Å²) in [5.41, 5.74) is -1.99. The molecule has 0 spiro atoms. The minimum absolute atomic E-state index is 0.287. The van der Waals surface area contributed by atoms with Crippen molar-refractivity contribution in [2.24, 2.45) is 0 Å². The van der Waals surface area contributed by atoms with Crippen molar-refractivity contribution in [1.82, 2.24) is 15.5 Å². The van der Waals surface area contributed by atoms with Gasteiger partial charge in [0, 0.05) is 0 Å². The summed E-state index contributed by atoms with van der Waals surface area (Å²) < 4.78 is 9.80. The fourth-order valence-electron chi connectivity index (χ4n) is 2.96. The van der Waals surface area contributed by atoms with Crippen LogP contribution in [0.5, 0.6) is 5.75 Å². The van der Waals surface area contributed by atoms with Gasteiger partial charge in [-0.1, -0.05) is 19.1 Å². The number of esters is 1. The number of nitrogens with one attached hydrogen (secondary N) is 2. The van der Waals surface area contributed by atoms with Gasteiger partial charge in [-0.25, -0.2) is 9.59 Å². The molecule has 152 valence electrons. The predicted molar refractivity (Wildman–Crippen MR) is 99.4 cm³/mol. The molecule has 0 radical (unpaired) electrons. The summed E-state index contributed by atoms with van der Waals surface area (Å²) in [5, 5.41) is 5.17. The lowest BCUT2D eigenvalue weighted by Crippen LogP contribution is -2.55. The lowest BCUT2D eigenvalue weighted by Gasteiger charge is -2.27. The number of urea groups is 1. The van der Waals surface area contributed by atoms with Gasteiger partial charge in [-0.05, 0) is 38.0 Å². The maximum atomic E-state index is 12.9. The highest BCUT2D eigenvalue weighted by molar-refractivity contribution is 6.09. The van der Waals surface area contributed by atoms with Crippen molar-refractivity contribution in [3.05, 3.63) is 29.8 Å². The largest absolute Gasteiger partial charge is 0.497 e. The van der Waals surface area contributed by atoms with E-state index < -0.39 is 41.4 Å². The Morgan fingerprint density at radius 1 is 1.21 bits per heavy atom. The van der Waals surface area contributed by atoms with Crippen LogP contribution in [0.25, 0.3) is 0 Å². The van der Waals surface area contributed by atoms with Crippen LogP contribution in [0.15, 0.2) is 24.3 Å². The standard InChI is InChI=1S/C19H25N3O6/c1-6-18(2,16(25)28-5)20-14(23)11-22-15(24)19(3,21-17(22)26)12-7-9-13(27-4)10-8-12/h7-10H,6,11H2,1-5H3,(H,20,23)(H,21,26). The monoisotopic (exact) mass is 391 g/mol. The van der Waals surface area contributed by atoms with Gasteiger partial charge in [0.15, 0.2) is 0 Å². The summed E-state index contributed by atoms with van der Waals surface area (Å²) in [6, 6.07) is 6.02. The first-order valence-electron chi connectivity index (χ1n) is 8.79. The van der Waals surface area contributed by atoms with Crippen LogP contribution >= 0.6 is 0 Å². The van der Waals surface area contributed by atoms with Crippen LogP contribution in [-0.2, 0) is 24.7 Å². The highest BCUT2D eigenvalue weighted by Gasteiger charge is 2.49. The second-order valence-electron chi connectivity index (χ2n) is 6.90. The van der Waals surface area contributed by atoms with E-state index in [0.29, 0.717) is 11.3 Å². The zero-order valence-electron chi connectivity index (χ0n) is 16.6. The minimum Gasteiger partial charge on any atom is -0.497 e. The summed E-state index contributed by atoms with van der Waals surface area (Å²) in [4.78, 5) is 50.4. The average molecular weight is 391 g/mol. The van der Waals surface area contributed by atoms with Crippen LogP contribution in [0.3, 0.4) is 0 Å². The minimum atomic E-state index is -1.31. The Labute approximate surface area is 163 Å². The molecule has 2 N–H and O–H groups in total. The maximum Gasteiger partial charge on any atom is 0.331 e. The van der Waals surface area contributed by atoms with Gasteiger partial charge >= 0.3 is 12.0 Å². The van der Waals surface area contributed by atoms with E-state index in [4.69, 9.17) is 9.47 Å². The summed E-state index contributed by atoms with van der Waals surface area (Å²) in [5.74, 6) is -1.20. The highest BCUT2D eigenvalue weighted by atomic mass is 16.5. The van der Waals surface area contributed by atoms with Crippen molar-refractivity contribution in [1.29, 1.82) is 0 Å². The summed E-state index contributed by atoms with van der Waals surface area (Å²) in [6.07, 6.45) is 0.287. The molecule has 1 aliphatic rings. The van der Waals surface area contributed by atoms with Gasteiger partial charge in [-0.2, -0.15) is 0 Å². The van der Waals surface area contributed by atoms with E-state index in [-0.39, 0.29) is 6.42 Å². The van der Waals surface area contributed by atoms with Gasteiger partial charge in [-0.15, -0.1) is 0 Å². The van der Waals surface area contributed by atoms with Crippen molar-refractivity contribution in [2.45, 2.75) is 38.3 Å². The first kappa shape index (κ1) is 21.2. The number of methoxy groups -OCH3 is 2. The van der Waals surface area contributed by atoms with Crippen LogP contribution in [0.2, 0.25) is 0 Å². The molecule has 1 fully saturated rings. The smallest absolute Gasteiger partial charge is 0.331 e. The van der Waals surface area contributed by atoms with E-state index in [1.807, 2.05) is 0 Å². The second kappa shape index (κ2) is 7.87. The SMILES string of the molecule is CCC(C)(NC(=O)CN1C(=O)NC(C)(c2ccc(OC)cc2)C1=O)C(=O)OC. The molecule has 0 saturated carbocycles. The molecule has 1 aromatic carbocycles. The fraction of sp³-hybridized carbons (Fsp3) is 0.474.